The zero-order valence-electron chi connectivity index (χ0n) is 5.44. The first-order valence-corrected chi connectivity index (χ1v) is 4.36. The van der Waals surface area contributed by atoms with Crippen molar-refractivity contribution in [3.05, 3.63) is 30.1 Å². The number of nitrogens with zero attached hydrogens (tertiary/aromatic N) is 1. The van der Waals surface area contributed by atoms with Crippen LogP contribution in [0.1, 0.15) is 11.7 Å². The molecule has 1 rings (SSSR count). The van der Waals surface area contributed by atoms with E-state index in [-0.39, 0.29) is 6.10 Å². The average molecular weight is 197 g/mol. The van der Waals surface area contributed by atoms with Crippen LogP contribution in [0, 0.1) is 0 Å². The first-order chi connectivity index (χ1) is 4.84. The second-order valence-corrected chi connectivity index (χ2v) is 2.75. The summed E-state index contributed by atoms with van der Waals surface area (Å²) in [5.41, 5.74) is 0.878. The van der Waals surface area contributed by atoms with Crippen molar-refractivity contribution in [3.63, 3.8) is 0 Å². The molecule has 10 heavy (non-hydrogen) atoms. The Bertz CT molecular complexity index is 190. The van der Waals surface area contributed by atoms with E-state index >= 15 is 0 Å². The molecular formula is C7H8AsNO. The van der Waals surface area contributed by atoms with Gasteiger partial charge in [-0.15, -0.1) is 0 Å². The molecule has 0 amide bonds. The summed E-state index contributed by atoms with van der Waals surface area (Å²) in [5.74, 6) is 0. The number of pyridine rings is 1. The van der Waals surface area contributed by atoms with Crippen molar-refractivity contribution in [2.75, 3.05) is 0 Å². The van der Waals surface area contributed by atoms with E-state index < -0.39 is 0 Å². The zero-order chi connectivity index (χ0) is 7.40. The summed E-state index contributed by atoms with van der Waals surface area (Å²) in [5, 5.41) is 9.95. The molecule has 0 saturated heterocycles. The van der Waals surface area contributed by atoms with Crippen LogP contribution in [0.4, 0.5) is 0 Å². The van der Waals surface area contributed by atoms with Gasteiger partial charge in [-0.2, -0.15) is 0 Å². The van der Waals surface area contributed by atoms with E-state index in [1.54, 1.807) is 12.4 Å². The van der Waals surface area contributed by atoms with Crippen molar-refractivity contribution in [2.24, 2.45) is 0 Å². The molecule has 3 heteroatoms. The zero-order valence-corrected chi connectivity index (χ0v) is 7.31. The average Bonchev–Trinajstić information content (AvgIpc) is 2.05. The second kappa shape index (κ2) is 3.74. The Morgan fingerprint density at radius 3 is 3.00 bits per heavy atom. The van der Waals surface area contributed by atoms with Crippen molar-refractivity contribution >= 4 is 16.9 Å². The van der Waals surface area contributed by atoms with E-state index in [1.807, 2.05) is 12.1 Å². The summed E-state index contributed by atoms with van der Waals surface area (Å²) in [6.07, 6.45) is 2.99. The fourth-order valence-electron chi connectivity index (χ4n) is 0.678. The van der Waals surface area contributed by atoms with Crippen LogP contribution in [-0.4, -0.2) is 26.9 Å². The summed E-state index contributed by atoms with van der Waals surface area (Å²) in [6.45, 7) is 0. The predicted octanol–water partition coefficient (Wildman–Crippen LogP) is 0.702. The Balaban J connectivity index is 2.75. The van der Waals surface area contributed by atoms with Crippen LogP contribution in [0.2, 0.25) is 5.21 Å². The topological polar surface area (TPSA) is 33.1 Å². The molecule has 2 radical (unpaired) electrons. The van der Waals surface area contributed by atoms with Gasteiger partial charge in [0.2, 0.25) is 0 Å². The number of hydrogen-bond donors (Lipinski definition) is 1. The van der Waals surface area contributed by atoms with E-state index in [9.17, 15) is 5.11 Å². The standard InChI is InChI=1S/C7H8AsNO/c8-4-7(10)6-2-1-3-9-5-6/h1-3,5,7,10H,4H2. The van der Waals surface area contributed by atoms with Crippen LogP contribution < -0.4 is 0 Å². The minimum absolute atomic E-state index is 0.381. The second-order valence-electron chi connectivity index (χ2n) is 1.98. The van der Waals surface area contributed by atoms with E-state index in [1.165, 1.54) is 0 Å². The summed E-state index contributed by atoms with van der Waals surface area (Å²) >= 11 is 2.35. The van der Waals surface area contributed by atoms with Crippen molar-refractivity contribution in [2.45, 2.75) is 11.3 Å². The maximum absolute atomic E-state index is 9.27. The van der Waals surface area contributed by atoms with Crippen LogP contribution in [0.3, 0.4) is 0 Å². The molecule has 1 N–H and O–H groups in total. The molecule has 0 saturated carbocycles. The molecule has 1 unspecified atom stereocenters. The van der Waals surface area contributed by atoms with Crippen LogP contribution in [0.15, 0.2) is 24.5 Å². The summed E-state index contributed by atoms with van der Waals surface area (Å²) in [6, 6.07) is 3.69. The van der Waals surface area contributed by atoms with Gasteiger partial charge in [-0.3, -0.25) is 0 Å². The fraction of sp³-hybridized carbons (Fsp3) is 0.286. The van der Waals surface area contributed by atoms with Gasteiger partial charge in [0.15, 0.2) is 0 Å². The molecule has 0 fully saturated rings. The van der Waals surface area contributed by atoms with Gasteiger partial charge in [0.1, 0.15) is 0 Å². The Hall–Kier alpha value is -0.332. The molecule has 52 valence electrons. The van der Waals surface area contributed by atoms with E-state index in [0.29, 0.717) is 5.21 Å². The van der Waals surface area contributed by atoms with Crippen molar-refractivity contribution in [1.82, 2.24) is 4.98 Å². The first kappa shape index (κ1) is 7.77. The molecule has 0 spiro atoms. The third-order valence-electron chi connectivity index (χ3n) is 1.24. The Labute approximate surface area is 68.8 Å². The minimum atomic E-state index is -0.381. The van der Waals surface area contributed by atoms with Gasteiger partial charge in [0, 0.05) is 0 Å². The third-order valence-corrected chi connectivity index (χ3v) is 1.97. The monoisotopic (exact) mass is 197 g/mol. The third kappa shape index (κ3) is 1.83. The number of aliphatic hydroxyl groups is 1. The van der Waals surface area contributed by atoms with Crippen LogP contribution in [0.5, 0.6) is 0 Å². The predicted molar refractivity (Wildman–Crippen MR) is 39.8 cm³/mol. The molecule has 1 aromatic rings. The van der Waals surface area contributed by atoms with Crippen molar-refractivity contribution in [1.29, 1.82) is 0 Å². The quantitative estimate of drug-likeness (QED) is 0.708. The first-order valence-electron chi connectivity index (χ1n) is 3.03. The number of aromatic nitrogens is 1. The van der Waals surface area contributed by atoms with Crippen LogP contribution >= 0.6 is 0 Å². The summed E-state index contributed by atoms with van der Waals surface area (Å²) in [4.78, 5) is 3.89. The fourth-order valence-corrected chi connectivity index (χ4v) is 1.12. The van der Waals surface area contributed by atoms with Crippen LogP contribution in [-0.2, 0) is 0 Å². The van der Waals surface area contributed by atoms with E-state index in [4.69, 9.17) is 0 Å². The molecule has 0 bridgehead atoms. The van der Waals surface area contributed by atoms with Gasteiger partial charge in [-0.05, 0) is 0 Å². The SMILES string of the molecule is OC(C[As])c1cccnc1. The van der Waals surface area contributed by atoms with E-state index in [2.05, 4.69) is 21.8 Å². The Kier molecular flexibility index (Phi) is 2.91. The Morgan fingerprint density at radius 2 is 2.50 bits per heavy atom. The van der Waals surface area contributed by atoms with Gasteiger partial charge in [0.05, 0.1) is 0 Å². The maximum atomic E-state index is 9.27. The van der Waals surface area contributed by atoms with Gasteiger partial charge in [-0.25, -0.2) is 0 Å². The number of rotatable bonds is 2. The van der Waals surface area contributed by atoms with Crippen LogP contribution in [0.25, 0.3) is 0 Å². The normalized spacial score (nSPS) is 13.0. The number of aliphatic hydroxyl groups excluding tert-OH is 1. The molecule has 0 aliphatic heterocycles. The molecular weight excluding hydrogens is 189 g/mol. The van der Waals surface area contributed by atoms with Gasteiger partial charge in [0.25, 0.3) is 0 Å². The summed E-state index contributed by atoms with van der Waals surface area (Å²) in [7, 11) is 0. The van der Waals surface area contributed by atoms with Crippen molar-refractivity contribution < 1.29 is 5.11 Å². The Morgan fingerprint density at radius 1 is 1.70 bits per heavy atom. The molecule has 1 heterocycles. The van der Waals surface area contributed by atoms with Crippen molar-refractivity contribution in [3.8, 4) is 0 Å². The molecule has 0 aliphatic rings. The molecule has 1 aromatic heterocycles. The summed E-state index contributed by atoms with van der Waals surface area (Å²) < 4.78 is 0. The van der Waals surface area contributed by atoms with E-state index in [0.717, 1.165) is 5.56 Å². The molecule has 0 aliphatic carbocycles. The van der Waals surface area contributed by atoms with Gasteiger partial charge < -0.3 is 0 Å². The molecule has 0 aromatic carbocycles. The molecule has 1 atom stereocenters. The number of hydrogen-bond acceptors (Lipinski definition) is 2. The van der Waals surface area contributed by atoms with Gasteiger partial charge >= 0.3 is 68.3 Å². The van der Waals surface area contributed by atoms with Gasteiger partial charge in [-0.1, -0.05) is 0 Å². The molecule has 2 nitrogen and oxygen atoms in total.